The number of hydrogen-bond donors (Lipinski definition) is 1. The lowest BCUT2D eigenvalue weighted by Gasteiger charge is -2.23. The summed E-state index contributed by atoms with van der Waals surface area (Å²) in [5.74, 6) is 0.0744. The van der Waals surface area contributed by atoms with E-state index in [1.54, 1.807) is 22.2 Å². The molecule has 6 heteroatoms. The summed E-state index contributed by atoms with van der Waals surface area (Å²) in [6.07, 6.45) is 5.61. The smallest absolute Gasteiger partial charge is 0.241 e. The third kappa shape index (κ3) is 3.65. The molecule has 1 aliphatic rings. The molecule has 5 nitrogen and oxygen atoms in total. The Morgan fingerprint density at radius 1 is 1.32 bits per heavy atom. The number of carbonyl (C=O) groups excluding carboxylic acids is 1. The molecule has 128 valence electrons. The number of thiophene rings is 1. The van der Waals surface area contributed by atoms with E-state index in [-0.39, 0.29) is 11.9 Å². The van der Waals surface area contributed by atoms with Gasteiger partial charge in [-0.05, 0) is 66.0 Å². The van der Waals surface area contributed by atoms with Gasteiger partial charge in [0.1, 0.15) is 0 Å². The van der Waals surface area contributed by atoms with Gasteiger partial charge in [0, 0.05) is 24.6 Å². The molecule has 1 aliphatic heterocycles. The van der Waals surface area contributed by atoms with E-state index in [1.165, 1.54) is 5.56 Å². The Kier molecular flexibility index (Phi) is 4.63. The molecule has 25 heavy (non-hydrogen) atoms. The van der Waals surface area contributed by atoms with Gasteiger partial charge in [0.05, 0.1) is 11.7 Å². The fourth-order valence-electron chi connectivity index (χ4n) is 3.30. The summed E-state index contributed by atoms with van der Waals surface area (Å²) in [6.45, 7) is 1.82. The number of nitrogens with zero attached hydrogens (tertiary/aromatic N) is 3. The Balaban J connectivity index is 1.45. The molecule has 0 radical (unpaired) electrons. The molecule has 0 spiro atoms. The molecule has 2 aromatic heterocycles. The van der Waals surface area contributed by atoms with Crippen LogP contribution in [-0.4, -0.2) is 33.2 Å². The van der Waals surface area contributed by atoms with Gasteiger partial charge in [-0.1, -0.05) is 6.07 Å². The predicted octanol–water partition coefficient (Wildman–Crippen LogP) is 3.54. The number of carbonyl (C=O) groups is 1. The number of benzene rings is 1. The third-order valence-electron chi connectivity index (χ3n) is 4.51. The maximum atomic E-state index is 12.8. The Bertz CT molecular complexity index is 829. The Hall–Kier alpha value is -2.44. The molecule has 0 unspecified atom stereocenters. The molecule has 0 aliphatic carbocycles. The molecular weight excluding hydrogens is 332 g/mol. The topological polar surface area (TPSA) is 50.2 Å². The molecule has 1 amide bonds. The number of amides is 1. The highest BCUT2D eigenvalue weighted by molar-refractivity contribution is 7.07. The summed E-state index contributed by atoms with van der Waals surface area (Å²) >= 11 is 1.70. The number of hydrogen-bond acceptors (Lipinski definition) is 4. The molecule has 3 aromatic rings. The molecule has 4 rings (SSSR count). The lowest BCUT2D eigenvalue weighted by molar-refractivity contribution is -0.120. The summed E-state index contributed by atoms with van der Waals surface area (Å²) in [4.78, 5) is 15.1. The molecule has 1 atom stereocenters. The van der Waals surface area contributed by atoms with E-state index in [0.29, 0.717) is 0 Å². The van der Waals surface area contributed by atoms with Crippen molar-refractivity contribution in [3.05, 3.63) is 65.1 Å². The van der Waals surface area contributed by atoms with Gasteiger partial charge < -0.3 is 5.32 Å². The lowest BCUT2D eigenvalue weighted by atomic mass is 10.2. The van der Waals surface area contributed by atoms with Crippen LogP contribution in [0.2, 0.25) is 0 Å². The van der Waals surface area contributed by atoms with Gasteiger partial charge in [-0.15, -0.1) is 0 Å². The highest BCUT2D eigenvalue weighted by Gasteiger charge is 2.30. The van der Waals surface area contributed by atoms with E-state index in [0.717, 1.165) is 37.3 Å². The molecular formula is C19H20N4OS. The van der Waals surface area contributed by atoms with Crippen LogP contribution in [0.3, 0.4) is 0 Å². The van der Waals surface area contributed by atoms with Crippen molar-refractivity contribution in [1.82, 2.24) is 14.7 Å². The zero-order valence-electron chi connectivity index (χ0n) is 13.8. The van der Waals surface area contributed by atoms with E-state index in [4.69, 9.17) is 0 Å². The quantitative estimate of drug-likeness (QED) is 0.764. The van der Waals surface area contributed by atoms with E-state index in [1.807, 2.05) is 36.5 Å². The minimum Gasteiger partial charge on any atom is -0.325 e. The minimum absolute atomic E-state index is 0.0618. The SMILES string of the molecule is O=C(Nc1cccc(-n2cccn2)c1)[C@@H]1CCCN1Cc1ccsc1. The van der Waals surface area contributed by atoms with Gasteiger partial charge in [-0.25, -0.2) is 4.68 Å². The molecule has 1 fully saturated rings. The molecule has 1 saturated heterocycles. The summed E-state index contributed by atoms with van der Waals surface area (Å²) in [6, 6.07) is 11.7. The second-order valence-electron chi connectivity index (χ2n) is 6.25. The van der Waals surface area contributed by atoms with Crippen LogP contribution in [-0.2, 0) is 11.3 Å². The average Bonchev–Trinajstić information content (AvgIpc) is 3.38. The van der Waals surface area contributed by atoms with Crippen molar-refractivity contribution in [2.45, 2.75) is 25.4 Å². The average molecular weight is 352 g/mol. The first-order valence-electron chi connectivity index (χ1n) is 8.46. The van der Waals surface area contributed by atoms with Crippen molar-refractivity contribution in [1.29, 1.82) is 0 Å². The maximum absolute atomic E-state index is 12.8. The lowest BCUT2D eigenvalue weighted by Crippen LogP contribution is -2.39. The summed E-state index contributed by atoms with van der Waals surface area (Å²) < 4.78 is 1.79. The fourth-order valence-corrected chi connectivity index (χ4v) is 3.96. The Labute approximate surface area is 150 Å². The number of aromatic nitrogens is 2. The van der Waals surface area contributed by atoms with Crippen LogP contribution in [0.1, 0.15) is 18.4 Å². The van der Waals surface area contributed by atoms with Crippen molar-refractivity contribution >= 4 is 22.9 Å². The standard InChI is InChI=1S/C19H20N4OS/c24-19(18-6-2-9-22(18)13-15-7-11-25-14-15)21-16-4-1-5-17(12-16)23-10-3-8-20-23/h1,3-5,7-8,10-12,14,18H,2,6,9,13H2,(H,21,24)/t18-/m0/s1. The summed E-state index contributed by atoms with van der Waals surface area (Å²) in [7, 11) is 0. The molecule has 0 saturated carbocycles. The first-order valence-corrected chi connectivity index (χ1v) is 9.40. The Morgan fingerprint density at radius 2 is 2.28 bits per heavy atom. The minimum atomic E-state index is -0.0618. The highest BCUT2D eigenvalue weighted by atomic mass is 32.1. The van der Waals surface area contributed by atoms with E-state index < -0.39 is 0 Å². The Morgan fingerprint density at radius 3 is 3.08 bits per heavy atom. The summed E-state index contributed by atoms with van der Waals surface area (Å²) in [5.41, 5.74) is 3.02. The van der Waals surface area contributed by atoms with Crippen molar-refractivity contribution in [3.63, 3.8) is 0 Å². The van der Waals surface area contributed by atoms with Gasteiger partial charge in [0.2, 0.25) is 5.91 Å². The van der Waals surface area contributed by atoms with Gasteiger partial charge in [-0.2, -0.15) is 16.4 Å². The number of rotatable bonds is 5. The van der Waals surface area contributed by atoms with E-state index >= 15 is 0 Å². The third-order valence-corrected chi connectivity index (χ3v) is 5.25. The molecule has 1 aromatic carbocycles. The highest BCUT2D eigenvalue weighted by Crippen LogP contribution is 2.23. The van der Waals surface area contributed by atoms with Crippen LogP contribution >= 0.6 is 11.3 Å². The zero-order chi connectivity index (χ0) is 17.1. The van der Waals surface area contributed by atoms with Crippen LogP contribution in [0, 0.1) is 0 Å². The first kappa shape index (κ1) is 16.1. The van der Waals surface area contributed by atoms with Crippen LogP contribution in [0.15, 0.2) is 59.6 Å². The van der Waals surface area contributed by atoms with E-state index in [9.17, 15) is 4.79 Å². The van der Waals surface area contributed by atoms with Crippen LogP contribution < -0.4 is 5.32 Å². The first-order chi connectivity index (χ1) is 12.3. The van der Waals surface area contributed by atoms with Gasteiger partial charge in [0.25, 0.3) is 0 Å². The van der Waals surface area contributed by atoms with Gasteiger partial charge in [0.15, 0.2) is 0 Å². The number of likely N-dealkylation sites (tertiary alicyclic amines) is 1. The predicted molar refractivity (Wildman–Crippen MR) is 99.9 cm³/mol. The van der Waals surface area contributed by atoms with Crippen LogP contribution in [0.25, 0.3) is 5.69 Å². The second-order valence-corrected chi connectivity index (χ2v) is 7.03. The summed E-state index contributed by atoms with van der Waals surface area (Å²) in [5, 5.41) is 11.5. The van der Waals surface area contributed by atoms with Gasteiger partial charge >= 0.3 is 0 Å². The molecule has 1 N–H and O–H groups in total. The fraction of sp³-hybridized carbons (Fsp3) is 0.263. The number of nitrogens with one attached hydrogen (secondary N) is 1. The largest absolute Gasteiger partial charge is 0.325 e. The van der Waals surface area contributed by atoms with Crippen molar-refractivity contribution < 1.29 is 4.79 Å². The van der Waals surface area contributed by atoms with E-state index in [2.05, 4.69) is 32.1 Å². The van der Waals surface area contributed by atoms with Crippen LogP contribution in [0.4, 0.5) is 5.69 Å². The normalized spacial score (nSPS) is 17.7. The van der Waals surface area contributed by atoms with Crippen molar-refractivity contribution in [3.8, 4) is 5.69 Å². The zero-order valence-corrected chi connectivity index (χ0v) is 14.7. The van der Waals surface area contributed by atoms with Crippen molar-refractivity contribution in [2.24, 2.45) is 0 Å². The van der Waals surface area contributed by atoms with Crippen LogP contribution in [0.5, 0.6) is 0 Å². The molecule has 0 bridgehead atoms. The maximum Gasteiger partial charge on any atom is 0.241 e. The second kappa shape index (κ2) is 7.21. The monoisotopic (exact) mass is 352 g/mol. The van der Waals surface area contributed by atoms with Gasteiger partial charge in [-0.3, -0.25) is 9.69 Å². The number of anilines is 1. The van der Waals surface area contributed by atoms with Crippen molar-refractivity contribution in [2.75, 3.05) is 11.9 Å². The molecule has 3 heterocycles.